The molecule has 0 radical (unpaired) electrons. The highest BCUT2D eigenvalue weighted by atomic mass is 16.5. The first-order valence-corrected chi connectivity index (χ1v) is 6.69. The lowest BCUT2D eigenvalue weighted by Gasteiger charge is -2.13. The number of aryl methyl sites for hydroxylation is 1. The lowest BCUT2D eigenvalue weighted by molar-refractivity contribution is 0.124. The third-order valence-electron chi connectivity index (χ3n) is 3.18. The predicted molar refractivity (Wildman–Crippen MR) is 79.1 cm³/mol. The van der Waals surface area contributed by atoms with Crippen LogP contribution in [0.3, 0.4) is 0 Å². The molecule has 2 nitrogen and oxygen atoms in total. The highest BCUT2D eigenvalue weighted by Crippen LogP contribution is 2.11. The van der Waals surface area contributed by atoms with Crippen molar-refractivity contribution in [2.75, 3.05) is 13.2 Å². The van der Waals surface area contributed by atoms with Crippen molar-refractivity contribution in [3.8, 4) is 0 Å². The van der Waals surface area contributed by atoms with Crippen molar-refractivity contribution in [3.63, 3.8) is 0 Å². The Balaban J connectivity index is 1.72. The van der Waals surface area contributed by atoms with E-state index < -0.39 is 0 Å². The highest BCUT2D eigenvalue weighted by Gasteiger charge is 2.05. The Bertz CT molecular complexity index is 478. The molecule has 0 aliphatic carbocycles. The molecule has 0 saturated carbocycles. The number of nitrogens with two attached hydrogens (primary N) is 1. The minimum atomic E-state index is -0.0450. The zero-order valence-corrected chi connectivity index (χ0v) is 11.4. The Hall–Kier alpha value is -1.64. The molecule has 0 heterocycles. The van der Waals surface area contributed by atoms with E-state index in [4.69, 9.17) is 10.5 Å². The van der Waals surface area contributed by atoms with Gasteiger partial charge in [-0.25, -0.2) is 0 Å². The molecule has 2 heteroatoms. The van der Waals surface area contributed by atoms with Gasteiger partial charge in [0.1, 0.15) is 0 Å². The van der Waals surface area contributed by atoms with Crippen LogP contribution in [0.4, 0.5) is 0 Å². The third kappa shape index (κ3) is 4.51. The summed E-state index contributed by atoms with van der Waals surface area (Å²) in [5, 5.41) is 0. The van der Waals surface area contributed by atoms with Gasteiger partial charge in [0.2, 0.25) is 0 Å². The number of hydrogen-bond donors (Lipinski definition) is 1. The van der Waals surface area contributed by atoms with Crippen molar-refractivity contribution in [2.45, 2.75) is 19.4 Å². The lowest BCUT2D eigenvalue weighted by atomic mass is 10.1. The molecule has 2 N–H and O–H groups in total. The van der Waals surface area contributed by atoms with Gasteiger partial charge < -0.3 is 10.5 Å². The van der Waals surface area contributed by atoms with Gasteiger partial charge in [-0.3, -0.25) is 0 Å². The van der Waals surface area contributed by atoms with Crippen molar-refractivity contribution >= 4 is 0 Å². The van der Waals surface area contributed by atoms with Gasteiger partial charge in [0.15, 0.2) is 0 Å². The van der Waals surface area contributed by atoms with Crippen LogP contribution < -0.4 is 5.73 Å². The van der Waals surface area contributed by atoms with Crippen molar-refractivity contribution in [3.05, 3.63) is 71.3 Å². The quantitative estimate of drug-likeness (QED) is 0.804. The fourth-order valence-corrected chi connectivity index (χ4v) is 1.95. The SMILES string of the molecule is Cc1ccc(C(N)COCCc2ccccc2)cc1. The fourth-order valence-electron chi connectivity index (χ4n) is 1.95. The number of hydrogen-bond acceptors (Lipinski definition) is 2. The molecule has 0 aliphatic heterocycles. The van der Waals surface area contributed by atoms with Crippen molar-refractivity contribution in [1.29, 1.82) is 0 Å². The standard InChI is InChI=1S/C17H21NO/c1-14-7-9-16(10-8-14)17(18)13-19-12-11-15-5-3-2-4-6-15/h2-10,17H,11-13,18H2,1H3. The van der Waals surface area contributed by atoms with E-state index in [2.05, 4.69) is 43.3 Å². The molecule has 0 bridgehead atoms. The van der Waals surface area contributed by atoms with E-state index in [-0.39, 0.29) is 6.04 Å². The van der Waals surface area contributed by atoms with Crippen LogP contribution in [0.1, 0.15) is 22.7 Å². The first-order valence-electron chi connectivity index (χ1n) is 6.69. The molecule has 19 heavy (non-hydrogen) atoms. The summed E-state index contributed by atoms with van der Waals surface area (Å²) in [7, 11) is 0. The van der Waals surface area contributed by atoms with Crippen LogP contribution in [0.25, 0.3) is 0 Å². The number of rotatable bonds is 6. The van der Waals surface area contributed by atoms with Gasteiger partial charge >= 0.3 is 0 Å². The maximum absolute atomic E-state index is 6.10. The van der Waals surface area contributed by atoms with Gasteiger partial charge in [-0.1, -0.05) is 60.2 Å². The Kier molecular flexibility index (Phi) is 5.13. The molecule has 1 unspecified atom stereocenters. The van der Waals surface area contributed by atoms with Gasteiger partial charge in [-0.15, -0.1) is 0 Å². The normalized spacial score (nSPS) is 12.3. The van der Waals surface area contributed by atoms with E-state index in [1.54, 1.807) is 0 Å². The molecule has 0 saturated heterocycles. The van der Waals surface area contributed by atoms with Crippen molar-refractivity contribution in [2.24, 2.45) is 5.73 Å². The summed E-state index contributed by atoms with van der Waals surface area (Å²) in [6, 6.07) is 18.6. The van der Waals surface area contributed by atoms with E-state index in [1.165, 1.54) is 11.1 Å². The van der Waals surface area contributed by atoms with E-state index in [0.29, 0.717) is 13.2 Å². The molecule has 0 fully saturated rings. The van der Waals surface area contributed by atoms with Gasteiger partial charge in [0.25, 0.3) is 0 Å². The molecule has 0 amide bonds. The molecular weight excluding hydrogens is 234 g/mol. The summed E-state index contributed by atoms with van der Waals surface area (Å²) < 4.78 is 5.66. The number of ether oxygens (including phenoxy) is 1. The van der Waals surface area contributed by atoms with E-state index in [0.717, 1.165) is 12.0 Å². The van der Waals surface area contributed by atoms with E-state index >= 15 is 0 Å². The highest BCUT2D eigenvalue weighted by molar-refractivity contribution is 5.23. The second kappa shape index (κ2) is 7.07. The van der Waals surface area contributed by atoms with Crippen LogP contribution in [0.5, 0.6) is 0 Å². The third-order valence-corrected chi connectivity index (χ3v) is 3.18. The van der Waals surface area contributed by atoms with Crippen molar-refractivity contribution in [1.82, 2.24) is 0 Å². The van der Waals surface area contributed by atoms with Gasteiger partial charge in [-0.2, -0.15) is 0 Å². The molecule has 0 aliphatic rings. The van der Waals surface area contributed by atoms with Crippen molar-refractivity contribution < 1.29 is 4.74 Å². The maximum atomic E-state index is 6.10. The lowest BCUT2D eigenvalue weighted by Crippen LogP contribution is -2.18. The summed E-state index contributed by atoms with van der Waals surface area (Å²) in [6.07, 6.45) is 0.932. The molecule has 100 valence electrons. The topological polar surface area (TPSA) is 35.2 Å². The average Bonchev–Trinajstić information content (AvgIpc) is 2.45. The second-order valence-corrected chi connectivity index (χ2v) is 4.83. The molecular formula is C17H21NO. The summed E-state index contributed by atoms with van der Waals surface area (Å²) in [4.78, 5) is 0. The Morgan fingerprint density at radius 1 is 1.00 bits per heavy atom. The Morgan fingerprint density at radius 3 is 2.37 bits per heavy atom. The zero-order chi connectivity index (χ0) is 13.5. The van der Waals surface area contributed by atoms with Crippen LogP contribution in [-0.2, 0) is 11.2 Å². The first kappa shape index (κ1) is 13.8. The van der Waals surface area contributed by atoms with Crippen LogP contribution in [0.2, 0.25) is 0 Å². The molecule has 2 rings (SSSR count). The smallest absolute Gasteiger partial charge is 0.0659 e. The summed E-state index contributed by atoms with van der Waals surface area (Å²) in [5.74, 6) is 0. The first-order chi connectivity index (χ1) is 9.25. The van der Waals surface area contributed by atoms with Gasteiger partial charge in [0.05, 0.1) is 19.3 Å². The Morgan fingerprint density at radius 2 is 1.68 bits per heavy atom. The van der Waals surface area contributed by atoms with Gasteiger partial charge in [0, 0.05) is 0 Å². The second-order valence-electron chi connectivity index (χ2n) is 4.83. The molecule has 0 aromatic heterocycles. The molecule has 2 aromatic carbocycles. The van der Waals surface area contributed by atoms with Crippen LogP contribution in [0, 0.1) is 6.92 Å². The fraction of sp³-hybridized carbons (Fsp3) is 0.294. The summed E-state index contributed by atoms with van der Waals surface area (Å²) >= 11 is 0. The summed E-state index contributed by atoms with van der Waals surface area (Å²) in [6.45, 7) is 3.35. The van der Waals surface area contributed by atoms with Crippen LogP contribution in [0.15, 0.2) is 54.6 Å². The summed E-state index contributed by atoms with van der Waals surface area (Å²) in [5.41, 5.74) is 9.78. The number of benzene rings is 2. The zero-order valence-electron chi connectivity index (χ0n) is 11.4. The van der Waals surface area contributed by atoms with Crippen LogP contribution in [-0.4, -0.2) is 13.2 Å². The minimum absolute atomic E-state index is 0.0450. The average molecular weight is 255 g/mol. The maximum Gasteiger partial charge on any atom is 0.0659 e. The molecule has 0 spiro atoms. The minimum Gasteiger partial charge on any atom is -0.379 e. The molecule has 1 atom stereocenters. The Labute approximate surface area is 115 Å². The van der Waals surface area contributed by atoms with Gasteiger partial charge in [-0.05, 0) is 24.5 Å². The molecule has 2 aromatic rings. The monoisotopic (exact) mass is 255 g/mol. The van der Waals surface area contributed by atoms with Crippen LogP contribution >= 0.6 is 0 Å². The van der Waals surface area contributed by atoms with E-state index in [9.17, 15) is 0 Å². The largest absolute Gasteiger partial charge is 0.379 e. The van der Waals surface area contributed by atoms with E-state index in [1.807, 2.05) is 18.2 Å². The predicted octanol–water partition coefficient (Wildman–Crippen LogP) is 3.25.